The van der Waals surface area contributed by atoms with Gasteiger partial charge in [0.1, 0.15) is 0 Å². The number of carboxylic acid groups (broad SMARTS) is 1. The van der Waals surface area contributed by atoms with Crippen molar-refractivity contribution >= 4 is 29.2 Å². The summed E-state index contributed by atoms with van der Waals surface area (Å²) in [6, 6.07) is 17.7. The third-order valence-corrected chi connectivity index (χ3v) is 5.97. The van der Waals surface area contributed by atoms with Crippen LogP contribution in [0.5, 0.6) is 6.01 Å². The van der Waals surface area contributed by atoms with E-state index in [9.17, 15) is 9.90 Å². The molecule has 5 rings (SSSR count). The fourth-order valence-electron chi connectivity index (χ4n) is 4.12. The molecular formula is C26H22N4O4S. The van der Waals surface area contributed by atoms with Crippen molar-refractivity contribution in [3.05, 3.63) is 70.6 Å². The molecule has 3 aromatic carbocycles. The number of ether oxygens (including phenoxy) is 1. The van der Waals surface area contributed by atoms with Gasteiger partial charge >= 0.3 is 10.8 Å². The Balaban J connectivity index is 1.58. The van der Waals surface area contributed by atoms with Gasteiger partial charge in [0.2, 0.25) is 0 Å². The molecule has 2 heterocycles. The largest absolute Gasteiger partial charge is 0.478 e. The molecule has 3 N–H and O–H groups in total. The van der Waals surface area contributed by atoms with Crippen molar-refractivity contribution < 1.29 is 19.2 Å². The number of nitrogens with one attached hydrogen (secondary N) is 2. The Kier molecular flexibility index (Phi) is 5.92. The lowest BCUT2D eigenvalue weighted by atomic mass is 9.93. The summed E-state index contributed by atoms with van der Waals surface area (Å²) in [5.41, 5.74) is 6.54. The Morgan fingerprint density at radius 1 is 1.06 bits per heavy atom. The van der Waals surface area contributed by atoms with Crippen LogP contribution >= 0.6 is 12.2 Å². The van der Waals surface area contributed by atoms with E-state index < -0.39 is 5.97 Å². The second-order valence-electron chi connectivity index (χ2n) is 8.07. The van der Waals surface area contributed by atoms with Crippen molar-refractivity contribution in [2.24, 2.45) is 0 Å². The molecule has 35 heavy (non-hydrogen) atoms. The second kappa shape index (κ2) is 9.19. The first-order chi connectivity index (χ1) is 17.0. The van der Waals surface area contributed by atoms with E-state index in [1.54, 1.807) is 6.07 Å². The van der Waals surface area contributed by atoms with Crippen molar-refractivity contribution in [3.63, 3.8) is 0 Å². The molecule has 0 saturated carbocycles. The SMILES string of the molecule is CCCOc1nc2c(C)c(-c3ccc(-c4ccccc4-c4nc(=S)o[nH]4)cc3)cc(C(=O)O)c2[nH]1. The van der Waals surface area contributed by atoms with Crippen LogP contribution in [0.3, 0.4) is 0 Å². The number of benzene rings is 3. The smallest absolute Gasteiger partial charge is 0.337 e. The summed E-state index contributed by atoms with van der Waals surface area (Å²) in [6.07, 6.45) is 0.825. The van der Waals surface area contributed by atoms with Gasteiger partial charge < -0.3 is 19.4 Å². The Hall–Kier alpha value is -4.24. The van der Waals surface area contributed by atoms with Gasteiger partial charge in [0.25, 0.3) is 6.01 Å². The number of aryl methyl sites for hydroxylation is 1. The van der Waals surface area contributed by atoms with Crippen molar-refractivity contribution in [3.8, 4) is 39.7 Å². The fraction of sp³-hybridized carbons (Fsp3) is 0.154. The Labute approximate surface area is 205 Å². The van der Waals surface area contributed by atoms with Crippen LogP contribution < -0.4 is 4.74 Å². The first-order valence-corrected chi connectivity index (χ1v) is 11.5. The summed E-state index contributed by atoms with van der Waals surface area (Å²) in [5.74, 6) is -0.473. The van der Waals surface area contributed by atoms with E-state index in [0.717, 1.165) is 39.8 Å². The molecule has 0 unspecified atom stereocenters. The first-order valence-electron chi connectivity index (χ1n) is 11.1. The van der Waals surface area contributed by atoms with Gasteiger partial charge in [-0.2, -0.15) is 9.97 Å². The second-order valence-corrected chi connectivity index (χ2v) is 8.42. The molecule has 0 aliphatic heterocycles. The number of carbonyl (C=O) groups is 1. The van der Waals surface area contributed by atoms with Crippen LogP contribution in [0.15, 0.2) is 59.1 Å². The standard InChI is InChI=1S/C26H22N4O4S/c1-3-12-33-25-27-21-14(2)19(13-20(24(31)32)22(21)28-25)16-10-8-15(9-11-16)17-6-4-5-7-18(17)23-29-26(35)34-30-23/h4-11,13H,3,12H2,1-2H3,(H,27,28)(H,31,32)(H,29,30,35). The van der Waals surface area contributed by atoms with Gasteiger partial charge in [0, 0.05) is 5.56 Å². The molecule has 9 heteroatoms. The van der Waals surface area contributed by atoms with Crippen LogP contribution in [0.2, 0.25) is 0 Å². The summed E-state index contributed by atoms with van der Waals surface area (Å²) in [4.78, 5) is 24.0. The monoisotopic (exact) mass is 486 g/mol. The van der Waals surface area contributed by atoms with E-state index in [4.69, 9.17) is 21.5 Å². The Morgan fingerprint density at radius 3 is 2.37 bits per heavy atom. The van der Waals surface area contributed by atoms with E-state index in [1.807, 2.05) is 62.4 Å². The quantitative estimate of drug-likeness (QED) is 0.228. The number of fused-ring (bicyclic) bond motifs is 1. The van der Waals surface area contributed by atoms with Crippen molar-refractivity contribution in [2.45, 2.75) is 20.3 Å². The minimum atomic E-state index is -1.03. The molecule has 0 aliphatic rings. The van der Waals surface area contributed by atoms with E-state index >= 15 is 0 Å². The average Bonchev–Trinajstić information content (AvgIpc) is 3.50. The average molecular weight is 487 g/mol. The number of nitrogens with zero attached hydrogens (tertiary/aromatic N) is 2. The van der Waals surface area contributed by atoms with E-state index in [2.05, 4.69) is 20.1 Å². The lowest BCUT2D eigenvalue weighted by Crippen LogP contribution is -2.00. The molecule has 0 saturated heterocycles. The maximum Gasteiger partial charge on any atom is 0.337 e. The van der Waals surface area contributed by atoms with E-state index in [-0.39, 0.29) is 10.4 Å². The van der Waals surface area contributed by atoms with Crippen molar-refractivity contribution in [1.29, 1.82) is 0 Å². The normalized spacial score (nSPS) is 11.1. The number of rotatable bonds is 7. The van der Waals surface area contributed by atoms with Gasteiger partial charge in [0.15, 0.2) is 5.82 Å². The molecule has 0 radical (unpaired) electrons. The Morgan fingerprint density at radius 2 is 1.74 bits per heavy atom. The zero-order chi connectivity index (χ0) is 24.5. The predicted molar refractivity (Wildman–Crippen MR) is 135 cm³/mol. The molecule has 176 valence electrons. The minimum Gasteiger partial charge on any atom is -0.478 e. The number of imidazole rings is 1. The predicted octanol–water partition coefficient (Wildman–Crippen LogP) is 6.40. The maximum absolute atomic E-state index is 12.0. The van der Waals surface area contributed by atoms with Crippen LogP contribution in [0.4, 0.5) is 0 Å². The topological polar surface area (TPSA) is 117 Å². The van der Waals surface area contributed by atoms with Crippen LogP contribution in [-0.2, 0) is 0 Å². The van der Waals surface area contributed by atoms with Crippen LogP contribution in [0.1, 0.15) is 29.3 Å². The molecule has 8 nitrogen and oxygen atoms in total. The maximum atomic E-state index is 12.0. The Bertz CT molecular complexity index is 1600. The highest BCUT2D eigenvalue weighted by Gasteiger charge is 2.19. The molecule has 0 amide bonds. The van der Waals surface area contributed by atoms with Gasteiger partial charge in [-0.15, -0.1) is 0 Å². The summed E-state index contributed by atoms with van der Waals surface area (Å²) >= 11 is 4.99. The highest BCUT2D eigenvalue weighted by atomic mass is 32.1. The van der Waals surface area contributed by atoms with Gasteiger partial charge in [-0.1, -0.05) is 55.5 Å². The minimum absolute atomic E-state index is 0.145. The summed E-state index contributed by atoms with van der Waals surface area (Å²) in [6.45, 7) is 4.43. The summed E-state index contributed by atoms with van der Waals surface area (Å²) < 4.78 is 10.7. The molecule has 0 aliphatic carbocycles. The number of aromatic carboxylic acids is 1. The number of hydrogen-bond acceptors (Lipinski definition) is 6. The third-order valence-electron chi connectivity index (χ3n) is 5.80. The van der Waals surface area contributed by atoms with Gasteiger partial charge in [-0.25, -0.2) is 9.95 Å². The molecular weight excluding hydrogens is 464 g/mol. The lowest BCUT2D eigenvalue weighted by Gasteiger charge is -2.11. The number of aromatic amines is 2. The van der Waals surface area contributed by atoms with Crippen LogP contribution in [-0.4, -0.2) is 37.8 Å². The van der Waals surface area contributed by atoms with Gasteiger partial charge in [-0.05, 0) is 59.4 Å². The molecule has 0 bridgehead atoms. The number of carboxylic acids is 1. The zero-order valence-corrected chi connectivity index (χ0v) is 19.9. The molecule has 5 aromatic rings. The van der Waals surface area contributed by atoms with E-state index in [0.29, 0.717) is 29.5 Å². The highest BCUT2D eigenvalue weighted by Crippen LogP contribution is 2.35. The highest BCUT2D eigenvalue weighted by molar-refractivity contribution is 7.71. The zero-order valence-electron chi connectivity index (χ0n) is 19.1. The van der Waals surface area contributed by atoms with Crippen molar-refractivity contribution in [1.82, 2.24) is 20.1 Å². The van der Waals surface area contributed by atoms with Gasteiger partial charge in [-0.3, -0.25) is 0 Å². The summed E-state index contributed by atoms with van der Waals surface area (Å²) in [7, 11) is 0. The van der Waals surface area contributed by atoms with Gasteiger partial charge in [0.05, 0.1) is 23.2 Å². The summed E-state index contributed by atoms with van der Waals surface area (Å²) in [5, 5.41) is 12.6. The fourth-order valence-corrected chi connectivity index (χ4v) is 4.25. The molecule has 0 fully saturated rings. The molecule has 0 spiro atoms. The van der Waals surface area contributed by atoms with E-state index in [1.165, 1.54) is 0 Å². The third kappa shape index (κ3) is 4.22. The lowest BCUT2D eigenvalue weighted by molar-refractivity contribution is 0.0699. The van der Waals surface area contributed by atoms with Crippen molar-refractivity contribution in [2.75, 3.05) is 6.61 Å². The van der Waals surface area contributed by atoms with Crippen LogP contribution in [0, 0.1) is 11.8 Å². The number of aromatic nitrogens is 4. The number of hydrogen-bond donors (Lipinski definition) is 3. The first kappa shape index (κ1) is 22.5. The molecule has 2 aromatic heterocycles. The number of H-pyrrole nitrogens is 2. The molecule has 0 atom stereocenters. The van der Waals surface area contributed by atoms with Crippen LogP contribution in [0.25, 0.3) is 44.7 Å².